The van der Waals surface area contributed by atoms with Crippen LogP contribution >= 0.6 is 0 Å². The largest absolute Gasteiger partial charge is 0.356 e. The second-order valence-electron chi connectivity index (χ2n) is 5.89. The van der Waals surface area contributed by atoms with Crippen LogP contribution in [0, 0.1) is 12.3 Å². The molecule has 0 fully saturated rings. The lowest BCUT2D eigenvalue weighted by atomic mass is 10.0. The molecule has 2 rings (SSSR count). The summed E-state index contributed by atoms with van der Waals surface area (Å²) in [5.41, 5.74) is 2.65. The van der Waals surface area contributed by atoms with Gasteiger partial charge in [-0.1, -0.05) is 49.2 Å². The molecule has 0 heterocycles. The predicted octanol–water partition coefficient (Wildman–Crippen LogP) is 2.58. The molecule has 2 aromatic rings. The van der Waals surface area contributed by atoms with Crippen molar-refractivity contribution in [2.24, 2.45) is 4.99 Å². The SMILES string of the molecule is C#Cc1cccc(NC(=O)CNC(=NC)NCC(C)c2ccccc2)c1. The van der Waals surface area contributed by atoms with E-state index < -0.39 is 0 Å². The molecule has 0 bridgehead atoms. The van der Waals surface area contributed by atoms with Crippen LogP contribution in [0.15, 0.2) is 59.6 Å². The Morgan fingerprint density at radius 2 is 1.92 bits per heavy atom. The minimum absolute atomic E-state index is 0.111. The van der Waals surface area contributed by atoms with Crippen molar-refractivity contribution in [2.45, 2.75) is 12.8 Å². The minimum atomic E-state index is -0.168. The molecule has 1 unspecified atom stereocenters. The van der Waals surface area contributed by atoms with Gasteiger partial charge in [0.2, 0.25) is 5.91 Å². The van der Waals surface area contributed by atoms with Crippen molar-refractivity contribution in [1.29, 1.82) is 0 Å². The van der Waals surface area contributed by atoms with Gasteiger partial charge < -0.3 is 16.0 Å². The van der Waals surface area contributed by atoms with E-state index in [0.717, 1.165) is 12.1 Å². The van der Waals surface area contributed by atoms with E-state index in [4.69, 9.17) is 6.42 Å². The quantitative estimate of drug-likeness (QED) is 0.427. The van der Waals surface area contributed by atoms with Crippen molar-refractivity contribution in [3.05, 3.63) is 65.7 Å². The molecular formula is C21H24N4O. The zero-order valence-electron chi connectivity index (χ0n) is 15.1. The zero-order valence-corrected chi connectivity index (χ0v) is 15.1. The van der Waals surface area contributed by atoms with Gasteiger partial charge in [0.05, 0.1) is 6.54 Å². The molecule has 0 aromatic heterocycles. The molecule has 1 amide bonds. The number of hydrogen-bond donors (Lipinski definition) is 3. The Kier molecular flexibility index (Phi) is 7.26. The molecule has 0 saturated heterocycles. The second kappa shape index (κ2) is 9.90. The molecule has 5 nitrogen and oxygen atoms in total. The average Bonchev–Trinajstić information content (AvgIpc) is 2.68. The van der Waals surface area contributed by atoms with Crippen LogP contribution in [0.3, 0.4) is 0 Å². The summed E-state index contributed by atoms with van der Waals surface area (Å²) in [4.78, 5) is 16.2. The maximum atomic E-state index is 12.1. The van der Waals surface area contributed by atoms with Crippen molar-refractivity contribution < 1.29 is 4.79 Å². The first-order valence-corrected chi connectivity index (χ1v) is 8.48. The standard InChI is InChI=1S/C21H24N4O/c1-4-17-9-8-12-19(13-17)25-20(26)15-24-21(22-3)23-14-16(2)18-10-6-5-7-11-18/h1,5-13,16H,14-15H2,2-3H3,(H,25,26)(H2,22,23,24). The number of rotatable bonds is 6. The first-order chi connectivity index (χ1) is 12.6. The molecule has 134 valence electrons. The summed E-state index contributed by atoms with van der Waals surface area (Å²) in [7, 11) is 1.68. The number of guanidine groups is 1. The van der Waals surface area contributed by atoms with Gasteiger partial charge in [-0.3, -0.25) is 9.79 Å². The van der Waals surface area contributed by atoms with Crippen LogP contribution in [0.25, 0.3) is 0 Å². The molecule has 2 aromatic carbocycles. The normalized spacial score (nSPS) is 12.0. The Morgan fingerprint density at radius 1 is 1.15 bits per heavy atom. The number of benzene rings is 2. The van der Waals surface area contributed by atoms with Crippen LogP contribution in [0.5, 0.6) is 0 Å². The number of hydrogen-bond acceptors (Lipinski definition) is 2. The topological polar surface area (TPSA) is 65.5 Å². The van der Waals surface area contributed by atoms with Gasteiger partial charge in [-0.25, -0.2) is 0 Å². The highest BCUT2D eigenvalue weighted by atomic mass is 16.1. The zero-order chi connectivity index (χ0) is 18.8. The van der Waals surface area contributed by atoms with E-state index in [1.165, 1.54) is 5.56 Å². The van der Waals surface area contributed by atoms with Crippen LogP contribution in [0.4, 0.5) is 5.69 Å². The lowest BCUT2D eigenvalue weighted by Crippen LogP contribution is -2.42. The van der Waals surface area contributed by atoms with Crippen molar-refractivity contribution >= 4 is 17.6 Å². The minimum Gasteiger partial charge on any atom is -0.356 e. The summed E-state index contributed by atoms with van der Waals surface area (Å²) in [5.74, 6) is 3.29. The van der Waals surface area contributed by atoms with Crippen molar-refractivity contribution in [3.63, 3.8) is 0 Å². The van der Waals surface area contributed by atoms with Gasteiger partial charge >= 0.3 is 0 Å². The molecule has 0 radical (unpaired) electrons. The Bertz CT molecular complexity index is 793. The van der Waals surface area contributed by atoms with Gasteiger partial charge in [0.25, 0.3) is 0 Å². The number of terminal acetylenes is 1. The highest BCUT2D eigenvalue weighted by molar-refractivity contribution is 5.95. The Balaban J connectivity index is 1.79. The maximum Gasteiger partial charge on any atom is 0.243 e. The first kappa shape index (κ1) is 19.1. The maximum absolute atomic E-state index is 12.1. The van der Waals surface area contributed by atoms with Crippen LogP contribution < -0.4 is 16.0 Å². The van der Waals surface area contributed by atoms with Gasteiger partial charge in [-0.05, 0) is 29.7 Å². The number of nitrogens with one attached hydrogen (secondary N) is 3. The van der Waals surface area contributed by atoms with Gasteiger partial charge in [-0.2, -0.15) is 0 Å². The summed E-state index contributed by atoms with van der Waals surface area (Å²) in [6.45, 7) is 2.97. The molecule has 0 aliphatic rings. The lowest BCUT2D eigenvalue weighted by molar-refractivity contribution is -0.115. The van der Waals surface area contributed by atoms with Crippen molar-refractivity contribution in [2.75, 3.05) is 25.5 Å². The van der Waals surface area contributed by atoms with Crippen LogP contribution in [-0.2, 0) is 4.79 Å². The number of carbonyl (C=O) groups is 1. The smallest absolute Gasteiger partial charge is 0.243 e. The van der Waals surface area contributed by atoms with E-state index in [-0.39, 0.29) is 12.5 Å². The van der Waals surface area contributed by atoms with Crippen LogP contribution in [0.2, 0.25) is 0 Å². The highest BCUT2D eigenvalue weighted by Crippen LogP contribution is 2.13. The third-order valence-corrected chi connectivity index (χ3v) is 3.90. The summed E-state index contributed by atoms with van der Waals surface area (Å²) in [5, 5.41) is 9.06. The molecule has 1 atom stereocenters. The summed E-state index contributed by atoms with van der Waals surface area (Å²) >= 11 is 0. The number of amides is 1. The first-order valence-electron chi connectivity index (χ1n) is 8.48. The van der Waals surface area contributed by atoms with Crippen LogP contribution in [-0.4, -0.2) is 32.0 Å². The van der Waals surface area contributed by atoms with E-state index in [9.17, 15) is 4.79 Å². The van der Waals surface area contributed by atoms with E-state index in [2.05, 4.69) is 45.9 Å². The Labute approximate surface area is 154 Å². The molecule has 3 N–H and O–H groups in total. The van der Waals surface area contributed by atoms with Gasteiger partial charge in [0, 0.05) is 24.8 Å². The third-order valence-electron chi connectivity index (χ3n) is 3.90. The Hall–Kier alpha value is -3.26. The fourth-order valence-electron chi connectivity index (χ4n) is 2.43. The van der Waals surface area contributed by atoms with Gasteiger partial charge in [0.15, 0.2) is 5.96 Å². The molecule has 5 heteroatoms. The summed E-state index contributed by atoms with van der Waals surface area (Å²) in [6, 6.07) is 17.4. The molecular weight excluding hydrogens is 324 g/mol. The van der Waals surface area contributed by atoms with E-state index in [1.54, 1.807) is 19.2 Å². The van der Waals surface area contributed by atoms with Crippen LogP contribution in [0.1, 0.15) is 24.0 Å². The summed E-state index contributed by atoms with van der Waals surface area (Å²) < 4.78 is 0. The molecule has 26 heavy (non-hydrogen) atoms. The van der Waals surface area contributed by atoms with Gasteiger partial charge in [-0.15, -0.1) is 6.42 Å². The van der Waals surface area contributed by atoms with Crippen molar-refractivity contribution in [3.8, 4) is 12.3 Å². The monoisotopic (exact) mass is 348 g/mol. The average molecular weight is 348 g/mol. The van der Waals surface area contributed by atoms with E-state index in [0.29, 0.717) is 17.6 Å². The van der Waals surface area contributed by atoms with E-state index >= 15 is 0 Å². The fraction of sp³-hybridized carbons (Fsp3) is 0.238. The lowest BCUT2D eigenvalue weighted by Gasteiger charge is -2.16. The third kappa shape index (κ3) is 5.99. The summed E-state index contributed by atoms with van der Waals surface area (Å²) in [6.07, 6.45) is 5.37. The Morgan fingerprint density at radius 3 is 2.62 bits per heavy atom. The molecule has 0 spiro atoms. The number of aliphatic imine (C=N–C) groups is 1. The molecule has 0 aliphatic carbocycles. The van der Waals surface area contributed by atoms with E-state index in [1.807, 2.05) is 30.3 Å². The number of anilines is 1. The fourth-order valence-corrected chi connectivity index (χ4v) is 2.43. The highest BCUT2D eigenvalue weighted by Gasteiger charge is 2.08. The van der Waals surface area contributed by atoms with Gasteiger partial charge in [0.1, 0.15) is 0 Å². The number of nitrogens with zero attached hydrogens (tertiary/aromatic N) is 1. The predicted molar refractivity (Wildman–Crippen MR) is 107 cm³/mol. The molecule has 0 aliphatic heterocycles. The molecule has 0 saturated carbocycles. The van der Waals surface area contributed by atoms with Crippen molar-refractivity contribution in [1.82, 2.24) is 10.6 Å². The second-order valence-corrected chi connectivity index (χ2v) is 5.89. The number of carbonyl (C=O) groups excluding carboxylic acids is 1.